The van der Waals surface area contributed by atoms with Gasteiger partial charge in [-0.15, -0.1) is 0 Å². The molecule has 0 radical (unpaired) electrons. The van der Waals surface area contributed by atoms with E-state index in [0.29, 0.717) is 17.6 Å². The lowest BCUT2D eigenvalue weighted by atomic mass is 10.1. The highest BCUT2D eigenvalue weighted by Gasteiger charge is 2.27. The zero-order valence-corrected chi connectivity index (χ0v) is 10.5. The molecule has 20 heavy (non-hydrogen) atoms. The van der Waals surface area contributed by atoms with E-state index in [1.807, 2.05) is 0 Å². The molecular formula is C12H15N5O3. The Morgan fingerprint density at radius 1 is 1.40 bits per heavy atom. The number of rotatable bonds is 3. The summed E-state index contributed by atoms with van der Waals surface area (Å²) in [5.41, 5.74) is 6.30. The Balaban J connectivity index is 1.82. The molecule has 0 saturated heterocycles. The summed E-state index contributed by atoms with van der Waals surface area (Å²) in [6.45, 7) is 0.355. The molecule has 0 aliphatic heterocycles. The standard InChI is InChI=1S/C12H15N5O3/c13-12-16-10-8(11(20)17-12)5(4-15-10)3-14-6-1-2-7(18)9(6)19/h1-2,4,6-7,9,14,18-19H,3H2,(H4,13,15,16,17,20)/t6-,7-,9+/m0/s1. The molecule has 1 aliphatic carbocycles. The van der Waals surface area contributed by atoms with Crippen molar-refractivity contribution in [3.63, 3.8) is 0 Å². The van der Waals surface area contributed by atoms with Crippen LogP contribution in [-0.4, -0.2) is 43.4 Å². The molecule has 2 heterocycles. The Morgan fingerprint density at radius 3 is 2.90 bits per heavy atom. The largest absolute Gasteiger partial charge is 0.388 e. The molecular weight excluding hydrogens is 262 g/mol. The molecule has 7 N–H and O–H groups in total. The summed E-state index contributed by atoms with van der Waals surface area (Å²) < 4.78 is 0. The van der Waals surface area contributed by atoms with E-state index in [2.05, 4.69) is 20.3 Å². The molecule has 3 atom stereocenters. The number of nitrogens with two attached hydrogens (primary N) is 1. The number of nitrogens with zero attached hydrogens (tertiary/aromatic N) is 1. The number of hydrogen-bond donors (Lipinski definition) is 6. The van der Waals surface area contributed by atoms with Crippen molar-refractivity contribution in [1.29, 1.82) is 0 Å². The lowest BCUT2D eigenvalue weighted by Gasteiger charge is -2.17. The maximum atomic E-state index is 11.9. The van der Waals surface area contributed by atoms with Crippen LogP contribution in [0.1, 0.15) is 5.56 Å². The van der Waals surface area contributed by atoms with Gasteiger partial charge >= 0.3 is 0 Å². The van der Waals surface area contributed by atoms with Crippen molar-refractivity contribution < 1.29 is 10.2 Å². The Bertz CT molecular complexity index is 719. The van der Waals surface area contributed by atoms with Crippen LogP contribution in [0.5, 0.6) is 0 Å². The van der Waals surface area contributed by atoms with Gasteiger partial charge in [-0.05, 0) is 5.56 Å². The molecule has 0 unspecified atom stereocenters. The summed E-state index contributed by atoms with van der Waals surface area (Å²) in [5, 5.41) is 22.6. The van der Waals surface area contributed by atoms with Gasteiger partial charge in [-0.2, -0.15) is 4.98 Å². The predicted octanol–water partition coefficient (Wildman–Crippen LogP) is -1.42. The quantitative estimate of drug-likeness (QED) is 0.381. The first-order chi connectivity index (χ1) is 9.56. The van der Waals surface area contributed by atoms with Crippen molar-refractivity contribution in [1.82, 2.24) is 20.3 Å². The highest BCUT2D eigenvalue weighted by molar-refractivity contribution is 5.79. The lowest BCUT2D eigenvalue weighted by molar-refractivity contribution is 0.0441. The minimum Gasteiger partial charge on any atom is -0.388 e. The van der Waals surface area contributed by atoms with E-state index in [4.69, 9.17) is 5.73 Å². The summed E-state index contributed by atoms with van der Waals surface area (Å²) in [6.07, 6.45) is 3.16. The van der Waals surface area contributed by atoms with Crippen molar-refractivity contribution in [3.05, 3.63) is 34.3 Å². The fourth-order valence-corrected chi connectivity index (χ4v) is 2.35. The lowest BCUT2D eigenvalue weighted by Crippen LogP contribution is -2.40. The van der Waals surface area contributed by atoms with Gasteiger partial charge in [0.2, 0.25) is 5.95 Å². The van der Waals surface area contributed by atoms with Crippen LogP contribution in [0.4, 0.5) is 5.95 Å². The van der Waals surface area contributed by atoms with E-state index in [-0.39, 0.29) is 17.5 Å². The molecule has 0 saturated carbocycles. The maximum absolute atomic E-state index is 11.9. The predicted molar refractivity (Wildman–Crippen MR) is 72.9 cm³/mol. The van der Waals surface area contributed by atoms with Gasteiger partial charge < -0.3 is 26.2 Å². The van der Waals surface area contributed by atoms with Gasteiger partial charge in [0.1, 0.15) is 11.8 Å². The third kappa shape index (κ3) is 2.09. The number of aromatic amines is 2. The van der Waals surface area contributed by atoms with Crippen molar-refractivity contribution in [3.8, 4) is 0 Å². The first-order valence-electron chi connectivity index (χ1n) is 6.20. The smallest absolute Gasteiger partial charge is 0.262 e. The van der Waals surface area contributed by atoms with Gasteiger partial charge in [-0.3, -0.25) is 9.78 Å². The van der Waals surface area contributed by atoms with Crippen LogP contribution in [0.15, 0.2) is 23.1 Å². The first kappa shape index (κ1) is 12.9. The second-order valence-electron chi connectivity index (χ2n) is 4.76. The number of hydrogen-bond acceptors (Lipinski definition) is 6. The number of fused-ring (bicyclic) bond motifs is 1. The SMILES string of the molecule is Nc1nc2[nH]cc(CN[C@H]3C=C[C@H](O)[C@@H]3O)c2c(=O)[nH]1. The van der Waals surface area contributed by atoms with Gasteiger partial charge in [0.05, 0.1) is 17.5 Å². The normalized spacial score (nSPS) is 25.6. The van der Waals surface area contributed by atoms with Crippen LogP contribution in [0.3, 0.4) is 0 Å². The molecule has 0 aromatic carbocycles. The Morgan fingerprint density at radius 2 is 2.20 bits per heavy atom. The summed E-state index contributed by atoms with van der Waals surface area (Å²) in [5.74, 6) is 0.0566. The molecule has 0 fully saturated rings. The van der Waals surface area contributed by atoms with Crippen molar-refractivity contribution in [2.24, 2.45) is 0 Å². The van der Waals surface area contributed by atoms with Crippen LogP contribution >= 0.6 is 0 Å². The van der Waals surface area contributed by atoms with E-state index in [1.165, 1.54) is 6.08 Å². The van der Waals surface area contributed by atoms with Crippen molar-refractivity contribution in [2.75, 3.05) is 5.73 Å². The third-order valence-corrected chi connectivity index (χ3v) is 3.40. The minimum atomic E-state index is -0.882. The van der Waals surface area contributed by atoms with Crippen molar-refractivity contribution >= 4 is 17.0 Å². The summed E-state index contributed by atoms with van der Waals surface area (Å²) in [6, 6.07) is -0.351. The van der Waals surface area contributed by atoms with Crippen LogP contribution < -0.4 is 16.6 Å². The molecule has 0 spiro atoms. The monoisotopic (exact) mass is 277 g/mol. The number of nitrogens with one attached hydrogen (secondary N) is 3. The average Bonchev–Trinajstić information content (AvgIpc) is 2.93. The van der Waals surface area contributed by atoms with Gasteiger partial charge in [0, 0.05) is 12.7 Å². The Hall–Kier alpha value is -2.16. The second-order valence-corrected chi connectivity index (χ2v) is 4.76. The Labute approximate surface area is 113 Å². The third-order valence-electron chi connectivity index (χ3n) is 3.40. The molecule has 106 valence electrons. The summed E-state index contributed by atoms with van der Waals surface area (Å²) >= 11 is 0. The molecule has 2 aromatic heterocycles. The molecule has 8 nitrogen and oxygen atoms in total. The second kappa shape index (κ2) is 4.75. The molecule has 1 aliphatic rings. The van der Waals surface area contributed by atoms with Crippen molar-refractivity contribution in [2.45, 2.75) is 24.8 Å². The number of anilines is 1. The zero-order chi connectivity index (χ0) is 14.3. The minimum absolute atomic E-state index is 0.0566. The molecule has 2 aromatic rings. The maximum Gasteiger partial charge on any atom is 0.262 e. The number of aliphatic hydroxyl groups excluding tert-OH is 2. The molecule has 0 bridgehead atoms. The van der Waals surface area contributed by atoms with Crippen LogP contribution in [-0.2, 0) is 6.54 Å². The highest BCUT2D eigenvalue weighted by Crippen LogP contribution is 2.15. The van der Waals surface area contributed by atoms with Gasteiger partial charge in [-0.25, -0.2) is 0 Å². The van der Waals surface area contributed by atoms with E-state index in [9.17, 15) is 15.0 Å². The van der Waals surface area contributed by atoms with Crippen LogP contribution in [0, 0.1) is 0 Å². The fraction of sp³-hybridized carbons (Fsp3) is 0.333. The van der Waals surface area contributed by atoms with E-state index in [0.717, 1.165) is 5.56 Å². The number of nitrogen functional groups attached to an aromatic ring is 1. The van der Waals surface area contributed by atoms with Gasteiger partial charge in [-0.1, -0.05) is 12.2 Å². The fourth-order valence-electron chi connectivity index (χ4n) is 2.35. The molecule has 3 rings (SSSR count). The van der Waals surface area contributed by atoms with Gasteiger partial charge in [0.15, 0.2) is 0 Å². The topological polar surface area (TPSA) is 140 Å². The summed E-state index contributed by atoms with van der Waals surface area (Å²) in [4.78, 5) is 21.2. The van der Waals surface area contributed by atoms with E-state index < -0.39 is 12.2 Å². The Kier molecular flexibility index (Phi) is 3.05. The van der Waals surface area contributed by atoms with E-state index >= 15 is 0 Å². The summed E-state index contributed by atoms with van der Waals surface area (Å²) in [7, 11) is 0. The number of aromatic nitrogens is 3. The average molecular weight is 277 g/mol. The molecule has 8 heteroatoms. The van der Waals surface area contributed by atoms with Crippen LogP contribution in [0.2, 0.25) is 0 Å². The highest BCUT2D eigenvalue weighted by atomic mass is 16.3. The van der Waals surface area contributed by atoms with Crippen LogP contribution in [0.25, 0.3) is 11.0 Å². The first-order valence-corrected chi connectivity index (χ1v) is 6.20. The van der Waals surface area contributed by atoms with E-state index in [1.54, 1.807) is 12.3 Å². The zero-order valence-electron chi connectivity index (χ0n) is 10.5. The number of aliphatic hydroxyl groups is 2. The van der Waals surface area contributed by atoms with Gasteiger partial charge in [0.25, 0.3) is 5.56 Å². The molecule has 0 amide bonds. The number of H-pyrrole nitrogens is 2.